The number of hydrogen-bond donors (Lipinski definition) is 0. The van der Waals surface area contributed by atoms with Crippen molar-refractivity contribution in [1.82, 2.24) is 9.88 Å². The summed E-state index contributed by atoms with van der Waals surface area (Å²) in [6.07, 6.45) is 6.93. The predicted molar refractivity (Wildman–Crippen MR) is 93.5 cm³/mol. The molecule has 1 aromatic heterocycles. The van der Waals surface area contributed by atoms with Gasteiger partial charge in [-0.3, -0.25) is 4.79 Å². The van der Waals surface area contributed by atoms with E-state index in [1.54, 1.807) is 12.3 Å². The molecule has 24 heavy (non-hydrogen) atoms. The minimum Gasteiger partial charge on any atom is -0.357 e. The third kappa shape index (κ3) is 3.87. The first kappa shape index (κ1) is 16.8. The van der Waals surface area contributed by atoms with Crippen molar-refractivity contribution in [3.8, 4) is 6.07 Å². The molecule has 5 nitrogen and oxygen atoms in total. The summed E-state index contributed by atoms with van der Waals surface area (Å²) in [6.45, 7) is 5.87. The molecule has 3 rings (SSSR count). The van der Waals surface area contributed by atoms with Gasteiger partial charge >= 0.3 is 0 Å². The Morgan fingerprint density at radius 2 is 1.96 bits per heavy atom. The van der Waals surface area contributed by atoms with Crippen LogP contribution in [0.15, 0.2) is 18.3 Å². The fourth-order valence-corrected chi connectivity index (χ4v) is 3.74. The van der Waals surface area contributed by atoms with Crippen LogP contribution in [0.2, 0.25) is 0 Å². The van der Waals surface area contributed by atoms with Crippen molar-refractivity contribution in [3.05, 3.63) is 23.9 Å². The molecule has 128 valence electrons. The van der Waals surface area contributed by atoms with Gasteiger partial charge in [0.2, 0.25) is 5.91 Å². The van der Waals surface area contributed by atoms with Crippen molar-refractivity contribution in [1.29, 1.82) is 5.26 Å². The Hall–Kier alpha value is -2.09. The fraction of sp³-hybridized carbons (Fsp3) is 0.632. The van der Waals surface area contributed by atoms with Gasteiger partial charge in [0.05, 0.1) is 5.56 Å². The highest BCUT2D eigenvalue weighted by molar-refractivity contribution is 5.79. The van der Waals surface area contributed by atoms with E-state index in [-0.39, 0.29) is 5.92 Å². The van der Waals surface area contributed by atoms with Gasteiger partial charge in [-0.25, -0.2) is 4.98 Å². The third-order valence-corrected chi connectivity index (χ3v) is 5.37. The van der Waals surface area contributed by atoms with Gasteiger partial charge in [-0.2, -0.15) is 5.26 Å². The molecule has 0 spiro atoms. The van der Waals surface area contributed by atoms with Crippen molar-refractivity contribution >= 4 is 11.7 Å². The number of rotatable bonds is 2. The Bertz CT molecular complexity index is 599. The lowest BCUT2D eigenvalue weighted by Crippen LogP contribution is -2.43. The second-order valence-electron chi connectivity index (χ2n) is 7.14. The third-order valence-electron chi connectivity index (χ3n) is 5.37. The van der Waals surface area contributed by atoms with E-state index in [0.717, 1.165) is 63.6 Å². The number of pyridine rings is 1. The van der Waals surface area contributed by atoms with Crippen LogP contribution in [0.3, 0.4) is 0 Å². The molecule has 1 atom stereocenters. The molecule has 2 aliphatic rings. The average Bonchev–Trinajstić information content (AvgIpc) is 2.86. The zero-order chi connectivity index (χ0) is 16.9. The summed E-state index contributed by atoms with van der Waals surface area (Å²) >= 11 is 0. The standard InChI is InChI=1S/C19H26N4O/c1-15-3-2-9-23(10-6-15)19(24)17-7-11-22(12-8-17)18-5-4-16(13-20)14-21-18/h4-5,14-15,17H,2-3,6-12H2,1H3. The van der Waals surface area contributed by atoms with E-state index >= 15 is 0 Å². The summed E-state index contributed by atoms with van der Waals surface area (Å²) < 4.78 is 0. The van der Waals surface area contributed by atoms with Crippen LogP contribution in [0, 0.1) is 23.2 Å². The number of carbonyl (C=O) groups excluding carboxylic acids is 1. The Morgan fingerprint density at radius 1 is 1.17 bits per heavy atom. The van der Waals surface area contributed by atoms with Gasteiger partial charge in [0.25, 0.3) is 0 Å². The maximum absolute atomic E-state index is 12.8. The SMILES string of the molecule is CC1CCCN(C(=O)C2CCN(c3ccc(C#N)cn3)CC2)CC1. The van der Waals surface area contributed by atoms with E-state index in [1.807, 2.05) is 6.07 Å². The van der Waals surface area contributed by atoms with Gasteiger partial charge in [0.15, 0.2) is 0 Å². The molecule has 0 aliphatic carbocycles. The summed E-state index contributed by atoms with van der Waals surface area (Å²) in [6, 6.07) is 5.80. The van der Waals surface area contributed by atoms with E-state index in [4.69, 9.17) is 5.26 Å². The minimum atomic E-state index is 0.160. The lowest BCUT2D eigenvalue weighted by molar-refractivity contribution is -0.136. The molecule has 1 aromatic rings. The summed E-state index contributed by atoms with van der Waals surface area (Å²) in [5.41, 5.74) is 0.583. The van der Waals surface area contributed by atoms with Crippen LogP contribution in [0.5, 0.6) is 0 Å². The zero-order valence-corrected chi connectivity index (χ0v) is 14.4. The number of piperidine rings is 1. The molecule has 1 unspecified atom stereocenters. The van der Waals surface area contributed by atoms with Gasteiger partial charge in [-0.15, -0.1) is 0 Å². The van der Waals surface area contributed by atoms with Crippen LogP contribution in [-0.4, -0.2) is 42.0 Å². The smallest absolute Gasteiger partial charge is 0.225 e. The number of anilines is 1. The average molecular weight is 326 g/mol. The highest BCUT2D eigenvalue weighted by Gasteiger charge is 2.29. The molecule has 0 aromatic carbocycles. The van der Waals surface area contributed by atoms with E-state index < -0.39 is 0 Å². The van der Waals surface area contributed by atoms with Gasteiger partial charge in [0.1, 0.15) is 11.9 Å². The highest BCUT2D eigenvalue weighted by Crippen LogP contribution is 2.25. The van der Waals surface area contributed by atoms with E-state index in [9.17, 15) is 4.79 Å². The van der Waals surface area contributed by atoms with Crippen LogP contribution in [-0.2, 0) is 4.79 Å². The first-order valence-electron chi connectivity index (χ1n) is 9.07. The number of nitriles is 1. The van der Waals surface area contributed by atoms with Gasteiger partial charge in [-0.1, -0.05) is 6.92 Å². The van der Waals surface area contributed by atoms with Gasteiger partial charge < -0.3 is 9.80 Å². The first-order chi connectivity index (χ1) is 11.7. The van der Waals surface area contributed by atoms with E-state index in [1.165, 1.54) is 6.42 Å². The van der Waals surface area contributed by atoms with E-state index in [0.29, 0.717) is 11.5 Å². The van der Waals surface area contributed by atoms with Crippen LogP contribution in [0.1, 0.15) is 44.6 Å². The summed E-state index contributed by atoms with van der Waals surface area (Å²) in [5.74, 6) is 2.17. The quantitative estimate of drug-likeness (QED) is 0.838. The number of amides is 1. The molecule has 1 amide bonds. The molecule has 2 saturated heterocycles. The Labute approximate surface area is 144 Å². The number of aromatic nitrogens is 1. The molecule has 0 radical (unpaired) electrons. The summed E-state index contributed by atoms with van der Waals surface area (Å²) in [5, 5.41) is 8.85. The maximum atomic E-state index is 12.8. The second kappa shape index (κ2) is 7.65. The molecule has 2 aliphatic heterocycles. The van der Waals surface area contributed by atoms with Crippen LogP contribution in [0.4, 0.5) is 5.82 Å². The van der Waals surface area contributed by atoms with Gasteiger partial charge in [0, 0.05) is 38.3 Å². The summed E-state index contributed by atoms with van der Waals surface area (Å²) in [4.78, 5) is 21.5. The van der Waals surface area contributed by atoms with Crippen molar-refractivity contribution < 1.29 is 4.79 Å². The van der Waals surface area contributed by atoms with Crippen LogP contribution >= 0.6 is 0 Å². The molecule has 0 N–H and O–H groups in total. The topological polar surface area (TPSA) is 60.2 Å². The zero-order valence-electron chi connectivity index (χ0n) is 14.4. The number of carbonyl (C=O) groups is 1. The predicted octanol–water partition coefficient (Wildman–Crippen LogP) is 2.82. The molecule has 2 fully saturated rings. The van der Waals surface area contributed by atoms with Crippen molar-refractivity contribution in [3.63, 3.8) is 0 Å². The van der Waals surface area contributed by atoms with Crippen molar-refractivity contribution in [2.45, 2.75) is 39.0 Å². The largest absolute Gasteiger partial charge is 0.357 e. The van der Waals surface area contributed by atoms with Crippen LogP contribution in [0.25, 0.3) is 0 Å². The molecular formula is C19H26N4O. The normalized spacial score (nSPS) is 22.8. The van der Waals surface area contributed by atoms with Crippen molar-refractivity contribution in [2.24, 2.45) is 11.8 Å². The van der Waals surface area contributed by atoms with Crippen molar-refractivity contribution in [2.75, 3.05) is 31.1 Å². The Morgan fingerprint density at radius 3 is 2.62 bits per heavy atom. The fourth-order valence-electron chi connectivity index (χ4n) is 3.74. The van der Waals surface area contributed by atoms with E-state index in [2.05, 4.69) is 27.8 Å². The number of hydrogen-bond acceptors (Lipinski definition) is 4. The number of nitrogens with zero attached hydrogens (tertiary/aromatic N) is 4. The first-order valence-corrected chi connectivity index (χ1v) is 9.07. The Balaban J connectivity index is 1.54. The second-order valence-corrected chi connectivity index (χ2v) is 7.14. The molecule has 0 bridgehead atoms. The van der Waals surface area contributed by atoms with Crippen LogP contribution < -0.4 is 4.90 Å². The molecule has 3 heterocycles. The number of likely N-dealkylation sites (tertiary alicyclic amines) is 1. The maximum Gasteiger partial charge on any atom is 0.225 e. The highest BCUT2D eigenvalue weighted by atomic mass is 16.2. The molecule has 0 saturated carbocycles. The Kier molecular flexibility index (Phi) is 5.34. The lowest BCUT2D eigenvalue weighted by Gasteiger charge is -2.34. The summed E-state index contributed by atoms with van der Waals surface area (Å²) in [7, 11) is 0. The molecule has 5 heteroatoms. The molecular weight excluding hydrogens is 300 g/mol. The van der Waals surface area contributed by atoms with Gasteiger partial charge in [-0.05, 0) is 50.2 Å². The minimum absolute atomic E-state index is 0.160. The monoisotopic (exact) mass is 326 g/mol. The lowest BCUT2D eigenvalue weighted by atomic mass is 9.95.